The number of aryl methyl sites for hydroxylation is 1. The number of para-hydroxylation sites is 1. The third kappa shape index (κ3) is 2.52. The monoisotopic (exact) mass is 453 g/mol. The van der Waals surface area contributed by atoms with Gasteiger partial charge in [-0.15, -0.1) is 10.2 Å². The number of rotatable bonds is 2. The largest absolute Gasteiger partial charge is 0.450 e. The van der Waals surface area contributed by atoms with Crippen LogP contribution in [0.1, 0.15) is 32.7 Å². The van der Waals surface area contributed by atoms with Crippen molar-refractivity contribution in [3.8, 4) is 0 Å². The van der Waals surface area contributed by atoms with Crippen molar-refractivity contribution in [1.29, 1.82) is 0 Å². The van der Waals surface area contributed by atoms with Crippen molar-refractivity contribution < 1.29 is 9.21 Å². The summed E-state index contributed by atoms with van der Waals surface area (Å²) >= 11 is 4.77. The third-order valence-corrected chi connectivity index (χ3v) is 5.99. The highest BCUT2D eigenvalue weighted by Crippen LogP contribution is 2.42. The summed E-state index contributed by atoms with van der Waals surface area (Å²) in [6.45, 7) is 1.82. The van der Waals surface area contributed by atoms with Crippen LogP contribution in [0.3, 0.4) is 0 Å². The van der Waals surface area contributed by atoms with Gasteiger partial charge in [-0.05, 0) is 36.8 Å². The normalized spacial score (nSPS) is 16.0. The Morgan fingerprint density at radius 2 is 1.93 bits per heavy atom. The number of hydrogen-bond donors (Lipinski definition) is 0. The highest BCUT2D eigenvalue weighted by molar-refractivity contribution is 9.10. The van der Waals surface area contributed by atoms with Crippen molar-refractivity contribution in [2.24, 2.45) is 0 Å². The van der Waals surface area contributed by atoms with E-state index in [0.717, 1.165) is 15.0 Å². The van der Waals surface area contributed by atoms with Gasteiger partial charge in [0.1, 0.15) is 10.6 Å². The van der Waals surface area contributed by atoms with Crippen LogP contribution in [0.2, 0.25) is 0 Å². The number of amides is 1. The molecular weight excluding hydrogens is 442 g/mol. The van der Waals surface area contributed by atoms with Gasteiger partial charge in [-0.2, -0.15) is 0 Å². The maximum Gasteiger partial charge on any atom is 0.297 e. The van der Waals surface area contributed by atoms with E-state index in [2.05, 4.69) is 26.1 Å². The van der Waals surface area contributed by atoms with Crippen LogP contribution < -0.4 is 10.3 Å². The molecule has 1 aliphatic rings. The molecule has 0 radical (unpaired) electrons. The molecule has 0 N–H and O–H groups in total. The molecule has 0 aliphatic carbocycles. The average Bonchev–Trinajstić information content (AvgIpc) is 3.23. The van der Waals surface area contributed by atoms with Gasteiger partial charge in [-0.25, -0.2) is 0 Å². The van der Waals surface area contributed by atoms with Crippen LogP contribution in [-0.2, 0) is 0 Å². The summed E-state index contributed by atoms with van der Waals surface area (Å²) in [5.41, 5.74) is 1.30. The second-order valence-electron chi connectivity index (χ2n) is 6.41. The highest BCUT2D eigenvalue weighted by Gasteiger charge is 2.45. The number of fused-ring (bicyclic) bond motifs is 2. The Hall–Kier alpha value is -2.84. The van der Waals surface area contributed by atoms with E-state index in [1.54, 1.807) is 24.3 Å². The lowest BCUT2D eigenvalue weighted by Gasteiger charge is -2.22. The number of nitrogens with zero attached hydrogens (tertiary/aromatic N) is 3. The second-order valence-corrected chi connectivity index (χ2v) is 8.48. The van der Waals surface area contributed by atoms with E-state index in [0.29, 0.717) is 21.7 Å². The van der Waals surface area contributed by atoms with E-state index < -0.39 is 6.04 Å². The third-order valence-electron chi connectivity index (χ3n) is 4.66. The number of benzene rings is 2. The van der Waals surface area contributed by atoms with Gasteiger partial charge in [-0.3, -0.25) is 14.5 Å². The quantitative estimate of drug-likeness (QED) is 0.447. The van der Waals surface area contributed by atoms with Crippen molar-refractivity contribution in [3.63, 3.8) is 0 Å². The molecule has 6 nitrogen and oxygen atoms in total. The van der Waals surface area contributed by atoms with Crippen molar-refractivity contribution in [2.75, 3.05) is 4.90 Å². The first-order valence-electron chi connectivity index (χ1n) is 8.49. The summed E-state index contributed by atoms with van der Waals surface area (Å²) in [6, 6.07) is 13.9. The van der Waals surface area contributed by atoms with Crippen molar-refractivity contribution in [2.45, 2.75) is 13.0 Å². The number of carbonyl (C=O) groups excluding carboxylic acids is 1. The fourth-order valence-electron chi connectivity index (χ4n) is 3.49. The van der Waals surface area contributed by atoms with Gasteiger partial charge in [-0.1, -0.05) is 51.5 Å². The van der Waals surface area contributed by atoms with Gasteiger partial charge in [0.25, 0.3) is 5.91 Å². The molecule has 3 heterocycles. The van der Waals surface area contributed by atoms with Gasteiger partial charge < -0.3 is 4.42 Å². The molecule has 28 heavy (non-hydrogen) atoms. The van der Waals surface area contributed by atoms with Crippen molar-refractivity contribution >= 4 is 49.3 Å². The molecule has 138 valence electrons. The zero-order valence-electron chi connectivity index (χ0n) is 14.5. The van der Waals surface area contributed by atoms with Gasteiger partial charge in [0.05, 0.1) is 17.0 Å². The number of halogens is 1. The zero-order chi connectivity index (χ0) is 19.4. The van der Waals surface area contributed by atoms with E-state index in [1.165, 1.54) is 16.2 Å². The first-order valence-corrected chi connectivity index (χ1v) is 10.1. The van der Waals surface area contributed by atoms with E-state index in [1.807, 2.05) is 31.2 Å². The van der Waals surface area contributed by atoms with Crippen molar-refractivity contribution in [3.05, 3.63) is 85.1 Å². The summed E-state index contributed by atoms with van der Waals surface area (Å²) in [7, 11) is 0. The molecule has 0 saturated carbocycles. The number of aromatic nitrogens is 2. The lowest BCUT2D eigenvalue weighted by atomic mass is 9.99. The lowest BCUT2D eigenvalue weighted by Crippen LogP contribution is -2.29. The van der Waals surface area contributed by atoms with Gasteiger partial charge in [0.15, 0.2) is 5.43 Å². The zero-order valence-corrected chi connectivity index (χ0v) is 17.0. The Kier molecular flexibility index (Phi) is 3.92. The van der Waals surface area contributed by atoms with E-state index in [-0.39, 0.29) is 17.1 Å². The van der Waals surface area contributed by atoms with Crippen LogP contribution in [0, 0.1) is 6.92 Å². The first-order chi connectivity index (χ1) is 13.5. The molecule has 1 aliphatic heterocycles. The molecule has 1 atom stereocenters. The van der Waals surface area contributed by atoms with Crippen LogP contribution in [0.25, 0.3) is 11.0 Å². The standard InChI is InChI=1S/C20H12BrN3O3S/c1-10-22-23-20(28-10)24-16(11-5-4-6-12(21)9-11)15-17(25)13-7-2-3-8-14(13)27-18(15)19(24)26/h2-9,16H,1H3. The van der Waals surface area contributed by atoms with E-state index in [9.17, 15) is 9.59 Å². The molecular formula is C20H12BrN3O3S. The molecule has 0 spiro atoms. The minimum Gasteiger partial charge on any atom is -0.450 e. The molecule has 1 unspecified atom stereocenters. The van der Waals surface area contributed by atoms with Gasteiger partial charge >= 0.3 is 0 Å². The van der Waals surface area contributed by atoms with Crippen LogP contribution in [-0.4, -0.2) is 16.1 Å². The van der Waals surface area contributed by atoms with E-state index >= 15 is 0 Å². The fourth-order valence-corrected chi connectivity index (χ4v) is 4.62. The summed E-state index contributed by atoms with van der Waals surface area (Å²) in [5.74, 6) is -0.333. The molecule has 4 aromatic rings. The van der Waals surface area contributed by atoms with Gasteiger partial charge in [0, 0.05) is 4.47 Å². The summed E-state index contributed by atoms with van der Waals surface area (Å²) in [5, 5.41) is 9.80. The highest BCUT2D eigenvalue weighted by atomic mass is 79.9. The SMILES string of the molecule is Cc1nnc(N2C(=O)c3oc4ccccc4c(=O)c3C2c2cccc(Br)c2)s1. The molecule has 0 fully saturated rings. The van der Waals surface area contributed by atoms with Gasteiger partial charge in [0.2, 0.25) is 10.9 Å². The summed E-state index contributed by atoms with van der Waals surface area (Å²) < 4.78 is 6.74. The maximum absolute atomic E-state index is 13.3. The molecule has 2 aromatic carbocycles. The molecule has 5 rings (SSSR count). The Morgan fingerprint density at radius 1 is 1.11 bits per heavy atom. The Balaban J connectivity index is 1.84. The number of hydrogen-bond acceptors (Lipinski definition) is 6. The lowest BCUT2D eigenvalue weighted by molar-refractivity contribution is 0.0970. The predicted molar refractivity (Wildman–Crippen MR) is 110 cm³/mol. The molecule has 1 amide bonds. The fraction of sp³-hybridized carbons (Fsp3) is 0.100. The van der Waals surface area contributed by atoms with Crippen molar-refractivity contribution in [1.82, 2.24) is 10.2 Å². The number of carbonyl (C=O) groups is 1. The van der Waals surface area contributed by atoms with Crippen LogP contribution in [0.5, 0.6) is 0 Å². The average molecular weight is 454 g/mol. The van der Waals surface area contributed by atoms with Crippen LogP contribution in [0.15, 0.2) is 62.2 Å². The predicted octanol–water partition coefficient (Wildman–Crippen LogP) is 4.47. The van der Waals surface area contributed by atoms with Crippen LogP contribution >= 0.6 is 27.3 Å². The molecule has 8 heteroatoms. The minimum absolute atomic E-state index is 0.0570. The maximum atomic E-state index is 13.3. The molecule has 0 bridgehead atoms. The Bertz CT molecular complexity index is 1310. The second kappa shape index (κ2) is 6.35. The van der Waals surface area contributed by atoms with Crippen LogP contribution in [0.4, 0.5) is 5.13 Å². The Morgan fingerprint density at radius 3 is 2.68 bits per heavy atom. The van der Waals surface area contributed by atoms with E-state index in [4.69, 9.17) is 4.42 Å². The topological polar surface area (TPSA) is 76.3 Å². The minimum atomic E-state index is -0.631. The summed E-state index contributed by atoms with van der Waals surface area (Å²) in [4.78, 5) is 28.1. The Labute approximate surface area is 171 Å². The molecule has 0 saturated heterocycles. The smallest absolute Gasteiger partial charge is 0.297 e. The number of anilines is 1. The molecule has 2 aromatic heterocycles. The first kappa shape index (κ1) is 17.3. The summed E-state index contributed by atoms with van der Waals surface area (Å²) in [6.07, 6.45) is 0.